The zero-order valence-electron chi connectivity index (χ0n) is 14.8. The number of aryl methyl sites for hydroxylation is 1. The molecule has 1 aromatic heterocycles. The molecule has 0 saturated carbocycles. The van der Waals surface area contributed by atoms with Gasteiger partial charge in [0.2, 0.25) is 12.1 Å². The Hall–Kier alpha value is -3.62. The first-order chi connectivity index (χ1) is 13.5. The van der Waals surface area contributed by atoms with Crippen molar-refractivity contribution >= 4 is 17.6 Å². The third-order valence-electron chi connectivity index (χ3n) is 4.22. The van der Waals surface area contributed by atoms with Crippen molar-refractivity contribution < 1.29 is 18.4 Å². The summed E-state index contributed by atoms with van der Waals surface area (Å²) in [5.41, 5.74) is 0.542. The fourth-order valence-electron chi connectivity index (χ4n) is 2.89. The number of carbonyl (C=O) groups excluding carboxylic acids is 1. The second-order valence-electron chi connectivity index (χ2n) is 6.15. The molecule has 28 heavy (non-hydrogen) atoms. The maximum atomic E-state index is 13.9. The van der Waals surface area contributed by atoms with E-state index in [1.165, 1.54) is 6.07 Å². The molecule has 1 atom stereocenters. The summed E-state index contributed by atoms with van der Waals surface area (Å²) in [5.74, 6) is -1.40. The zero-order valence-corrected chi connectivity index (χ0v) is 14.8. The number of oxime groups is 1. The van der Waals surface area contributed by atoms with Crippen LogP contribution >= 0.6 is 0 Å². The number of halogens is 2. The Bertz CT molecular complexity index is 1050. The largest absolute Gasteiger partial charge is 0.382 e. The lowest BCUT2D eigenvalue weighted by atomic mass is 10.0. The number of nitrogens with zero attached hydrogens (tertiary/aromatic N) is 4. The molecule has 0 spiro atoms. The second kappa shape index (κ2) is 7.18. The van der Waals surface area contributed by atoms with Crippen LogP contribution in [0.3, 0.4) is 0 Å². The monoisotopic (exact) mass is 383 g/mol. The van der Waals surface area contributed by atoms with Crippen molar-refractivity contribution in [3.8, 4) is 5.69 Å². The number of para-hydroxylation sites is 1. The molecule has 2 aromatic carbocycles. The summed E-state index contributed by atoms with van der Waals surface area (Å²) >= 11 is 0. The normalized spacial score (nSPS) is 15.8. The number of hydrogen-bond donors (Lipinski definition) is 1. The molecule has 3 aromatic rings. The summed E-state index contributed by atoms with van der Waals surface area (Å²) in [5, 5.41) is 10.5. The lowest BCUT2D eigenvalue weighted by Gasteiger charge is -2.07. The van der Waals surface area contributed by atoms with Gasteiger partial charge in [-0.05, 0) is 31.2 Å². The van der Waals surface area contributed by atoms with Gasteiger partial charge in [0, 0.05) is 6.42 Å². The van der Waals surface area contributed by atoms with Crippen molar-refractivity contribution in [3.63, 3.8) is 0 Å². The van der Waals surface area contributed by atoms with Gasteiger partial charge in [-0.2, -0.15) is 4.98 Å². The maximum absolute atomic E-state index is 13.9. The summed E-state index contributed by atoms with van der Waals surface area (Å²) < 4.78 is 29.4. The van der Waals surface area contributed by atoms with Gasteiger partial charge < -0.3 is 4.84 Å². The molecule has 4 rings (SSSR count). The van der Waals surface area contributed by atoms with Crippen LogP contribution in [0, 0.1) is 18.6 Å². The van der Waals surface area contributed by atoms with E-state index in [0.29, 0.717) is 5.82 Å². The molecule has 142 valence electrons. The summed E-state index contributed by atoms with van der Waals surface area (Å²) in [6.45, 7) is 1.75. The van der Waals surface area contributed by atoms with Gasteiger partial charge >= 0.3 is 0 Å². The summed E-state index contributed by atoms with van der Waals surface area (Å²) in [7, 11) is 0. The van der Waals surface area contributed by atoms with Crippen LogP contribution < -0.4 is 5.32 Å². The predicted octanol–water partition coefficient (Wildman–Crippen LogP) is 2.99. The third kappa shape index (κ3) is 3.34. The molecule has 0 fully saturated rings. The highest BCUT2D eigenvalue weighted by molar-refractivity contribution is 6.06. The van der Waals surface area contributed by atoms with Crippen LogP contribution in [-0.2, 0) is 9.63 Å². The lowest BCUT2D eigenvalue weighted by molar-refractivity contribution is -0.125. The predicted molar refractivity (Wildman–Crippen MR) is 97.1 cm³/mol. The van der Waals surface area contributed by atoms with Crippen molar-refractivity contribution in [2.24, 2.45) is 5.16 Å². The van der Waals surface area contributed by atoms with E-state index in [4.69, 9.17) is 4.84 Å². The van der Waals surface area contributed by atoms with E-state index in [2.05, 4.69) is 20.6 Å². The minimum absolute atomic E-state index is 0.0368. The fraction of sp³-hybridized carbons (Fsp3) is 0.158. The van der Waals surface area contributed by atoms with Gasteiger partial charge in [-0.1, -0.05) is 29.4 Å². The van der Waals surface area contributed by atoms with Crippen molar-refractivity contribution in [2.75, 3.05) is 5.32 Å². The van der Waals surface area contributed by atoms with E-state index in [0.717, 1.165) is 17.8 Å². The molecule has 7 nitrogen and oxygen atoms in total. The van der Waals surface area contributed by atoms with E-state index in [-0.39, 0.29) is 23.6 Å². The Kier molecular flexibility index (Phi) is 4.56. The van der Waals surface area contributed by atoms with Crippen LogP contribution in [0.25, 0.3) is 5.69 Å². The molecular formula is C19H15F2N5O2. The Morgan fingerprint density at radius 2 is 1.86 bits per heavy atom. The Morgan fingerprint density at radius 1 is 1.14 bits per heavy atom. The van der Waals surface area contributed by atoms with Crippen molar-refractivity contribution in [2.45, 2.75) is 19.4 Å². The highest BCUT2D eigenvalue weighted by Gasteiger charge is 2.32. The maximum Gasteiger partial charge on any atom is 0.271 e. The van der Waals surface area contributed by atoms with E-state index < -0.39 is 23.6 Å². The minimum Gasteiger partial charge on any atom is -0.382 e. The smallest absolute Gasteiger partial charge is 0.271 e. The third-order valence-corrected chi connectivity index (χ3v) is 4.22. The lowest BCUT2D eigenvalue weighted by Crippen LogP contribution is -2.28. The number of benzene rings is 2. The molecule has 0 saturated heterocycles. The molecule has 1 aliphatic rings. The van der Waals surface area contributed by atoms with Crippen LogP contribution in [0.15, 0.2) is 53.7 Å². The molecule has 1 unspecified atom stereocenters. The van der Waals surface area contributed by atoms with Crippen LogP contribution in [0.4, 0.5) is 14.7 Å². The van der Waals surface area contributed by atoms with E-state index >= 15 is 0 Å². The number of nitrogens with one attached hydrogen (secondary N) is 1. The van der Waals surface area contributed by atoms with Gasteiger partial charge in [0.05, 0.1) is 17.0 Å². The number of carbonyl (C=O) groups is 1. The van der Waals surface area contributed by atoms with Crippen molar-refractivity contribution in [1.29, 1.82) is 0 Å². The Balaban J connectivity index is 1.46. The molecule has 1 amide bonds. The van der Waals surface area contributed by atoms with Gasteiger partial charge in [-0.25, -0.2) is 13.5 Å². The summed E-state index contributed by atoms with van der Waals surface area (Å²) in [6, 6.07) is 12.8. The zero-order chi connectivity index (χ0) is 19.7. The van der Waals surface area contributed by atoms with Gasteiger partial charge in [0.1, 0.15) is 17.5 Å². The molecule has 0 aliphatic carbocycles. The molecule has 1 aliphatic heterocycles. The molecule has 0 radical (unpaired) electrons. The van der Waals surface area contributed by atoms with Crippen molar-refractivity contribution in [1.82, 2.24) is 14.8 Å². The van der Waals surface area contributed by atoms with Gasteiger partial charge in [0.25, 0.3) is 5.91 Å². The van der Waals surface area contributed by atoms with Crippen LogP contribution in [-0.4, -0.2) is 32.5 Å². The highest BCUT2D eigenvalue weighted by atomic mass is 19.1. The number of amides is 1. The van der Waals surface area contributed by atoms with Crippen molar-refractivity contribution in [3.05, 3.63) is 71.6 Å². The first-order valence-corrected chi connectivity index (χ1v) is 8.50. The van der Waals surface area contributed by atoms with E-state index in [1.807, 2.05) is 30.3 Å². The van der Waals surface area contributed by atoms with Gasteiger partial charge in [-0.15, -0.1) is 5.10 Å². The van der Waals surface area contributed by atoms with Gasteiger partial charge in [-0.3, -0.25) is 10.1 Å². The van der Waals surface area contributed by atoms with Crippen LogP contribution in [0.2, 0.25) is 0 Å². The van der Waals surface area contributed by atoms with Crippen LogP contribution in [0.1, 0.15) is 17.8 Å². The number of anilines is 1. The number of hydrogen-bond acceptors (Lipinski definition) is 5. The summed E-state index contributed by atoms with van der Waals surface area (Å²) in [4.78, 5) is 21.7. The molecule has 2 heterocycles. The standard InChI is InChI=1S/C19H15F2N5O2/c1-11-22-19(24-26(11)12-6-3-2-4-7-12)23-18(27)16-10-15(25-28-16)17-13(20)8-5-9-14(17)21/h2-9,16H,10H2,1H3,(H,23,24,27). The number of aromatic nitrogens is 3. The SMILES string of the molecule is Cc1nc(NC(=O)C2CC(c3c(F)cccc3F)=NO2)nn1-c1ccccc1. The molecule has 1 N–H and O–H groups in total. The van der Waals surface area contributed by atoms with E-state index in [1.54, 1.807) is 11.6 Å². The first kappa shape index (κ1) is 17.8. The Morgan fingerprint density at radius 3 is 2.57 bits per heavy atom. The van der Waals surface area contributed by atoms with Crippen LogP contribution in [0.5, 0.6) is 0 Å². The highest BCUT2D eigenvalue weighted by Crippen LogP contribution is 2.22. The molecule has 0 bridgehead atoms. The van der Waals surface area contributed by atoms with Gasteiger partial charge in [0.15, 0.2) is 0 Å². The summed E-state index contributed by atoms with van der Waals surface area (Å²) in [6.07, 6.45) is -1.10. The fourth-order valence-corrected chi connectivity index (χ4v) is 2.89. The molecular weight excluding hydrogens is 368 g/mol. The second-order valence-corrected chi connectivity index (χ2v) is 6.15. The quantitative estimate of drug-likeness (QED) is 0.751. The average molecular weight is 383 g/mol. The number of rotatable bonds is 4. The minimum atomic E-state index is -1.03. The van der Waals surface area contributed by atoms with E-state index in [9.17, 15) is 13.6 Å². The Labute approximate surface area is 158 Å². The first-order valence-electron chi connectivity index (χ1n) is 8.50. The topological polar surface area (TPSA) is 81.4 Å². The average Bonchev–Trinajstić information content (AvgIpc) is 3.29. The molecule has 9 heteroatoms.